The van der Waals surface area contributed by atoms with Crippen LogP contribution in [0.25, 0.3) is 0 Å². The SMILES string of the molecule is CCNc1ccccc1C(=O)NC(C)(C)c1nccs1. The van der Waals surface area contributed by atoms with Gasteiger partial charge in [0.25, 0.3) is 5.91 Å². The number of carbonyl (C=O) groups is 1. The van der Waals surface area contributed by atoms with E-state index in [9.17, 15) is 4.79 Å². The Hall–Kier alpha value is -1.88. The summed E-state index contributed by atoms with van der Waals surface area (Å²) in [6.45, 7) is 6.70. The van der Waals surface area contributed by atoms with Crippen LogP contribution in [0.2, 0.25) is 0 Å². The normalized spacial score (nSPS) is 11.2. The van der Waals surface area contributed by atoms with Crippen LogP contribution in [-0.4, -0.2) is 17.4 Å². The van der Waals surface area contributed by atoms with E-state index in [1.54, 1.807) is 17.5 Å². The van der Waals surface area contributed by atoms with Crippen molar-refractivity contribution < 1.29 is 4.79 Å². The van der Waals surface area contributed by atoms with Crippen molar-refractivity contribution in [3.8, 4) is 0 Å². The van der Waals surface area contributed by atoms with Crippen LogP contribution in [0.15, 0.2) is 35.8 Å². The van der Waals surface area contributed by atoms with Gasteiger partial charge in [0, 0.05) is 23.8 Å². The van der Waals surface area contributed by atoms with Crippen LogP contribution in [0.5, 0.6) is 0 Å². The molecule has 1 aromatic carbocycles. The first-order valence-electron chi connectivity index (χ1n) is 6.60. The van der Waals surface area contributed by atoms with Gasteiger partial charge in [0.05, 0.1) is 11.1 Å². The summed E-state index contributed by atoms with van der Waals surface area (Å²) in [6.07, 6.45) is 1.75. The van der Waals surface area contributed by atoms with Crippen molar-refractivity contribution in [2.45, 2.75) is 26.3 Å². The first kappa shape index (κ1) is 14.5. The van der Waals surface area contributed by atoms with E-state index in [0.29, 0.717) is 5.56 Å². The van der Waals surface area contributed by atoms with E-state index in [-0.39, 0.29) is 5.91 Å². The fourth-order valence-corrected chi connectivity index (χ4v) is 2.68. The first-order chi connectivity index (χ1) is 9.54. The minimum atomic E-state index is -0.482. The van der Waals surface area contributed by atoms with Crippen molar-refractivity contribution in [2.75, 3.05) is 11.9 Å². The van der Waals surface area contributed by atoms with E-state index < -0.39 is 5.54 Å². The zero-order valence-electron chi connectivity index (χ0n) is 11.9. The Balaban J connectivity index is 2.20. The highest BCUT2D eigenvalue weighted by Crippen LogP contribution is 2.23. The standard InChI is InChI=1S/C15H19N3OS/c1-4-16-12-8-6-5-7-11(12)13(19)18-15(2,3)14-17-9-10-20-14/h5-10,16H,4H2,1-3H3,(H,18,19). The molecule has 0 aliphatic rings. The summed E-state index contributed by atoms with van der Waals surface area (Å²) in [7, 11) is 0. The monoisotopic (exact) mass is 289 g/mol. The average Bonchev–Trinajstić information content (AvgIpc) is 2.94. The number of amides is 1. The molecule has 0 aliphatic carbocycles. The molecule has 2 rings (SSSR count). The quantitative estimate of drug-likeness (QED) is 0.888. The van der Waals surface area contributed by atoms with E-state index >= 15 is 0 Å². The Morgan fingerprint density at radius 2 is 2.10 bits per heavy atom. The smallest absolute Gasteiger partial charge is 0.254 e. The first-order valence-corrected chi connectivity index (χ1v) is 7.48. The number of thiazole rings is 1. The Morgan fingerprint density at radius 1 is 1.35 bits per heavy atom. The number of para-hydroxylation sites is 1. The molecule has 0 spiro atoms. The van der Waals surface area contributed by atoms with Crippen LogP contribution in [0.4, 0.5) is 5.69 Å². The number of anilines is 1. The highest BCUT2D eigenvalue weighted by Gasteiger charge is 2.26. The number of nitrogens with zero attached hydrogens (tertiary/aromatic N) is 1. The lowest BCUT2D eigenvalue weighted by molar-refractivity contribution is 0.0913. The largest absolute Gasteiger partial charge is 0.385 e. The van der Waals surface area contributed by atoms with E-state index in [2.05, 4.69) is 15.6 Å². The molecule has 0 radical (unpaired) electrons. The Kier molecular flexibility index (Phi) is 4.39. The molecule has 1 heterocycles. The number of hydrogen-bond donors (Lipinski definition) is 2. The van der Waals surface area contributed by atoms with Crippen LogP contribution in [0, 0.1) is 0 Å². The maximum Gasteiger partial charge on any atom is 0.254 e. The summed E-state index contributed by atoms with van der Waals surface area (Å²) in [5.41, 5.74) is 1.02. The second-order valence-electron chi connectivity index (χ2n) is 4.99. The van der Waals surface area contributed by atoms with Gasteiger partial charge in [-0.2, -0.15) is 0 Å². The Bertz CT molecular complexity index is 579. The molecule has 4 nitrogen and oxygen atoms in total. The summed E-state index contributed by atoms with van der Waals surface area (Å²) in [5.74, 6) is -0.0956. The fourth-order valence-electron chi connectivity index (χ4n) is 1.96. The summed E-state index contributed by atoms with van der Waals surface area (Å²) in [5, 5.41) is 9.05. The van der Waals surface area contributed by atoms with Crippen molar-refractivity contribution in [1.29, 1.82) is 0 Å². The third-order valence-electron chi connectivity index (χ3n) is 2.93. The van der Waals surface area contributed by atoms with Crippen LogP contribution in [0.1, 0.15) is 36.1 Å². The molecule has 0 saturated carbocycles. The van der Waals surface area contributed by atoms with Gasteiger partial charge in [-0.05, 0) is 32.9 Å². The van der Waals surface area contributed by atoms with Crippen molar-refractivity contribution in [1.82, 2.24) is 10.3 Å². The van der Waals surface area contributed by atoms with Crippen molar-refractivity contribution in [3.63, 3.8) is 0 Å². The number of benzene rings is 1. The third-order valence-corrected chi connectivity index (χ3v) is 4.03. The molecule has 1 amide bonds. The van der Waals surface area contributed by atoms with Crippen LogP contribution in [-0.2, 0) is 5.54 Å². The molecule has 2 N–H and O–H groups in total. The van der Waals surface area contributed by atoms with Crippen LogP contribution < -0.4 is 10.6 Å². The van der Waals surface area contributed by atoms with E-state index in [0.717, 1.165) is 17.2 Å². The van der Waals surface area contributed by atoms with E-state index in [1.165, 1.54) is 0 Å². The molecule has 0 atom stereocenters. The Labute approximate surface area is 123 Å². The molecular weight excluding hydrogens is 270 g/mol. The van der Waals surface area contributed by atoms with Crippen molar-refractivity contribution in [2.24, 2.45) is 0 Å². The van der Waals surface area contributed by atoms with Gasteiger partial charge in [0.1, 0.15) is 5.01 Å². The second kappa shape index (κ2) is 6.05. The van der Waals surface area contributed by atoms with E-state index in [1.807, 2.05) is 50.4 Å². The molecule has 106 valence electrons. The third kappa shape index (κ3) is 3.17. The van der Waals surface area contributed by atoms with Crippen LogP contribution >= 0.6 is 11.3 Å². The zero-order chi connectivity index (χ0) is 14.6. The lowest BCUT2D eigenvalue weighted by Gasteiger charge is -2.24. The second-order valence-corrected chi connectivity index (χ2v) is 5.89. The minimum absolute atomic E-state index is 0.0956. The lowest BCUT2D eigenvalue weighted by Crippen LogP contribution is -2.41. The predicted molar refractivity (Wildman–Crippen MR) is 83.2 cm³/mol. The maximum atomic E-state index is 12.5. The molecule has 0 fully saturated rings. The van der Waals surface area contributed by atoms with E-state index in [4.69, 9.17) is 0 Å². The average molecular weight is 289 g/mol. The van der Waals surface area contributed by atoms with Gasteiger partial charge in [0.15, 0.2) is 0 Å². The van der Waals surface area contributed by atoms with Gasteiger partial charge in [-0.25, -0.2) is 4.98 Å². The molecule has 1 aromatic heterocycles. The predicted octanol–water partition coefficient (Wildman–Crippen LogP) is 3.24. The van der Waals surface area contributed by atoms with Gasteiger partial charge in [-0.15, -0.1) is 11.3 Å². The highest BCUT2D eigenvalue weighted by atomic mass is 32.1. The van der Waals surface area contributed by atoms with Gasteiger partial charge in [-0.1, -0.05) is 12.1 Å². The number of aromatic nitrogens is 1. The van der Waals surface area contributed by atoms with Crippen LogP contribution in [0.3, 0.4) is 0 Å². The number of hydrogen-bond acceptors (Lipinski definition) is 4. The number of nitrogens with one attached hydrogen (secondary N) is 2. The number of rotatable bonds is 5. The fraction of sp³-hybridized carbons (Fsp3) is 0.333. The molecule has 0 unspecified atom stereocenters. The molecule has 0 bridgehead atoms. The maximum absolute atomic E-state index is 12.5. The minimum Gasteiger partial charge on any atom is -0.385 e. The number of carbonyl (C=O) groups excluding carboxylic acids is 1. The zero-order valence-corrected chi connectivity index (χ0v) is 12.8. The summed E-state index contributed by atoms with van der Waals surface area (Å²) in [4.78, 5) is 16.8. The van der Waals surface area contributed by atoms with Gasteiger partial charge >= 0.3 is 0 Å². The van der Waals surface area contributed by atoms with Gasteiger partial charge in [-0.3, -0.25) is 4.79 Å². The molecular formula is C15H19N3OS. The Morgan fingerprint density at radius 3 is 2.75 bits per heavy atom. The molecule has 20 heavy (non-hydrogen) atoms. The molecule has 5 heteroatoms. The summed E-state index contributed by atoms with van der Waals surface area (Å²) < 4.78 is 0. The molecule has 2 aromatic rings. The molecule has 0 aliphatic heterocycles. The molecule has 0 saturated heterocycles. The van der Waals surface area contributed by atoms with Gasteiger partial charge in [0.2, 0.25) is 0 Å². The summed E-state index contributed by atoms with van der Waals surface area (Å²) in [6, 6.07) is 7.52. The summed E-state index contributed by atoms with van der Waals surface area (Å²) >= 11 is 1.54. The van der Waals surface area contributed by atoms with Crippen molar-refractivity contribution in [3.05, 3.63) is 46.4 Å². The van der Waals surface area contributed by atoms with Gasteiger partial charge < -0.3 is 10.6 Å². The lowest BCUT2D eigenvalue weighted by atomic mass is 10.0. The topological polar surface area (TPSA) is 54.0 Å². The van der Waals surface area contributed by atoms with Crippen molar-refractivity contribution >= 4 is 22.9 Å². The highest BCUT2D eigenvalue weighted by molar-refractivity contribution is 7.09.